The van der Waals surface area contributed by atoms with E-state index in [1.165, 1.54) is 0 Å². The monoisotopic (exact) mass is 277 g/mol. The normalized spacial score (nSPS) is 25.9. The molecule has 108 valence electrons. The molecule has 0 unspecified atom stereocenters. The summed E-state index contributed by atoms with van der Waals surface area (Å²) in [6, 6.07) is 0. The summed E-state index contributed by atoms with van der Waals surface area (Å²) in [5.74, 6) is -0.668. The van der Waals surface area contributed by atoms with E-state index in [0.717, 1.165) is 19.4 Å². The fourth-order valence-corrected chi connectivity index (χ4v) is 3.09. The van der Waals surface area contributed by atoms with Gasteiger partial charge in [0.25, 0.3) is 5.91 Å². The maximum atomic E-state index is 12.4. The van der Waals surface area contributed by atoms with Crippen molar-refractivity contribution in [2.45, 2.75) is 26.3 Å². The summed E-state index contributed by atoms with van der Waals surface area (Å²) < 4.78 is 1.70. The molecule has 2 fully saturated rings. The van der Waals surface area contributed by atoms with E-state index in [-0.39, 0.29) is 11.8 Å². The number of aliphatic carboxylic acids is 1. The molecule has 0 aromatic carbocycles. The minimum Gasteiger partial charge on any atom is -0.481 e. The Kier molecular flexibility index (Phi) is 3.23. The molecule has 1 amide bonds. The van der Waals surface area contributed by atoms with Gasteiger partial charge in [-0.25, -0.2) is 0 Å². The summed E-state index contributed by atoms with van der Waals surface area (Å²) in [5, 5.41) is 13.4. The average Bonchev–Trinajstić information content (AvgIpc) is 3.02. The summed E-state index contributed by atoms with van der Waals surface area (Å²) >= 11 is 0. The van der Waals surface area contributed by atoms with Crippen LogP contribution in [0.5, 0.6) is 0 Å². The molecule has 0 bridgehead atoms. The van der Waals surface area contributed by atoms with Crippen LogP contribution in [0, 0.1) is 17.8 Å². The van der Waals surface area contributed by atoms with E-state index in [4.69, 9.17) is 0 Å². The first-order valence-electron chi connectivity index (χ1n) is 7.14. The third-order valence-electron chi connectivity index (χ3n) is 4.40. The molecule has 1 saturated carbocycles. The first-order chi connectivity index (χ1) is 9.60. The molecule has 0 spiro atoms. The number of carbonyl (C=O) groups excluding carboxylic acids is 1. The minimum atomic E-state index is -0.776. The Morgan fingerprint density at radius 1 is 1.40 bits per heavy atom. The summed E-state index contributed by atoms with van der Waals surface area (Å²) in [7, 11) is 0. The Balaban J connectivity index is 1.74. The molecule has 1 aromatic rings. The van der Waals surface area contributed by atoms with Gasteiger partial charge in [-0.1, -0.05) is 0 Å². The molecule has 1 aromatic heterocycles. The van der Waals surface area contributed by atoms with Crippen molar-refractivity contribution in [2.75, 3.05) is 13.1 Å². The summed E-state index contributed by atoms with van der Waals surface area (Å²) in [6.45, 7) is 3.57. The average molecular weight is 277 g/mol. The van der Waals surface area contributed by atoms with E-state index in [1.807, 2.05) is 6.92 Å². The first-order valence-corrected chi connectivity index (χ1v) is 7.14. The summed E-state index contributed by atoms with van der Waals surface area (Å²) in [4.78, 5) is 25.4. The fraction of sp³-hybridized carbons (Fsp3) is 0.643. The van der Waals surface area contributed by atoms with E-state index in [0.29, 0.717) is 24.6 Å². The van der Waals surface area contributed by atoms with Gasteiger partial charge >= 0.3 is 5.97 Å². The van der Waals surface area contributed by atoms with Crippen molar-refractivity contribution in [3.8, 4) is 0 Å². The van der Waals surface area contributed by atoms with Crippen LogP contribution in [0.25, 0.3) is 0 Å². The van der Waals surface area contributed by atoms with Crippen molar-refractivity contribution in [2.24, 2.45) is 17.8 Å². The van der Waals surface area contributed by atoms with Crippen LogP contribution in [0.15, 0.2) is 12.4 Å². The number of rotatable bonds is 4. The van der Waals surface area contributed by atoms with Crippen LogP contribution in [-0.2, 0) is 11.3 Å². The van der Waals surface area contributed by atoms with Gasteiger partial charge in [0.2, 0.25) is 0 Å². The van der Waals surface area contributed by atoms with Gasteiger partial charge in [0.1, 0.15) is 0 Å². The van der Waals surface area contributed by atoms with Gasteiger partial charge in [-0.3, -0.25) is 14.3 Å². The summed E-state index contributed by atoms with van der Waals surface area (Å²) in [6.07, 6.45) is 5.49. The molecule has 6 nitrogen and oxygen atoms in total. The van der Waals surface area contributed by atoms with E-state index in [1.54, 1.807) is 22.0 Å². The van der Waals surface area contributed by atoms with Gasteiger partial charge in [-0.05, 0) is 31.6 Å². The van der Waals surface area contributed by atoms with E-state index in [2.05, 4.69) is 5.10 Å². The van der Waals surface area contributed by atoms with Crippen LogP contribution >= 0.6 is 0 Å². The predicted molar refractivity (Wildman–Crippen MR) is 71.1 cm³/mol. The van der Waals surface area contributed by atoms with E-state index in [9.17, 15) is 14.7 Å². The number of hydrogen-bond donors (Lipinski definition) is 1. The lowest BCUT2D eigenvalue weighted by Gasteiger charge is -2.14. The molecule has 1 N–H and O–H groups in total. The fourth-order valence-electron chi connectivity index (χ4n) is 3.09. The molecule has 2 heterocycles. The first kappa shape index (κ1) is 13.1. The van der Waals surface area contributed by atoms with Crippen molar-refractivity contribution in [3.63, 3.8) is 0 Å². The molecule has 0 radical (unpaired) electrons. The Bertz CT molecular complexity index is 536. The van der Waals surface area contributed by atoms with Crippen molar-refractivity contribution in [3.05, 3.63) is 18.0 Å². The quantitative estimate of drug-likeness (QED) is 0.893. The number of carboxylic acid groups (broad SMARTS) is 1. The molecule has 3 rings (SSSR count). The minimum absolute atomic E-state index is 0.0981. The summed E-state index contributed by atoms with van der Waals surface area (Å²) in [5.41, 5.74) is 0.549. The van der Waals surface area contributed by atoms with Gasteiger partial charge in [0.15, 0.2) is 0 Å². The molecule has 1 saturated heterocycles. The van der Waals surface area contributed by atoms with Crippen molar-refractivity contribution >= 4 is 11.9 Å². The molecular weight excluding hydrogens is 258 g/mol. The Morgan fingerprint density at radius 3 is 2.70 bits per heavy atom. The number of carboxylic acids is 1. The second-order valence-corrected chi connectivity index (χ2v) is 5.74. The van der Waals surface area contributed by atoms with Crippen molar-refractivity contribution in [1.29, 1.82) is 0 Å². The van der Waals surface area contributed by atoms with Crippen LogP contribution in [0.3, 0.4) is 0 Å². The molecule has 2 aliphatic rings. The standard InChI is InChI=1S/C14H19N3O3/c1-2-17-6-10(5-15-17)13(18)16-7-11(9-3-4-9)12(8-16)14(19)20/h5-6,9,11-12H,2-4,7-8H2,1H3,(H,19,20)/t11-,12+/m0/s1. The molecule has 2 atom stereocenters. The number of likely N-dealkylation sites (tertiary alicyclic amines) is 1. The van der Waals surface area contributed by atoms with Crippen LogP contribution in [0.4, 0.5) is 0 Å². The number of aryl methyl sites for hydroxylation is 1. The topological polar surface area (TPSA) is 75.4 Å². The lowest BCUT2D eigenvalue weighted by atomic mass is 9.92. The second kappa shape index (κ2) is 4.92. The Hall–Kier alpha value is -1.85. The number of hydrogen-bond acceptors (Lipinski definition) is 3. The second-order valence-electron chi connectivity index (χ2n) is 5.74. The number of amides is 1. The van der Waals surface area contributed by atoms with Crippen LogP contribution in [-0.4, -0.2) is 44.8 Å². The van der Waals surface area contributed by atoms with Crippen LogP contribution in [0.1, 0.15) is 30.1 Å². The Labute approximate surface area is 117 Å². The van der Waals surface area contributed by atoms with Gasteiger partial charge in [-0.2, -0.15) is 5.10 Å². The number of carbonyl (C=O) groups is 2. The third-order valence-corrected chi connectivity index (χ3v) is 4.40. The highest BCUT2D eigenvalue weighted by molar-refractivity contribution is 5.94. The smallest absolute Gasteiger partial charge is 0.308 e. The zero-order valence-electron chi connectivity index (χ0n) is 11.5. The van der Waals surface area contributed by atoms with Crippen LogP contribution in [0.2, 0.25) is 0 Å². The van der Waals surface area contributed by atoms with Crippen molar-refractivity contribution in [1.82, 2.24) is 14.7 Å². The predicted octanol–water partition coefficient (Wildman–Crippen LogP) is 1.09. The van der Waals surface area contributed by atoms with Gasteiger partial charge < -0.3 is 10.0 Å². The zero-order valence-corrected chi connectivity index (χ0v) is 11.5. The highest BCUT2D eigenvalue weighted by atomic mass is 16.4. The maximum absolute atomic E-state index is 12.4. The molecule has 1 aliphatic carbocycles. The number of nitrogens with zero attached hydrogens (tertiary/aromatic N) is 3. The number of aromatic nitrogens is 2. The zero-order chi connectivity index (χ0) is 14.3. The lowest BCUT2D eigenvalue weighted by Crippen LogP contribution is -2.29. The molecule has 20 heavy (non-hydrogen) atoms. The van der Waals surface area contributed by atoms with Gasteiger partial charge in [-0.15, -0.1) is 0 Å². The Morgan fingerprint density at radius 2 is 2.15 bits per heavy atom. The molecule has 6 heteroatoms. The van der Waals surface area contributed by atoms with Crippen molar-refractivity contribution < 1.29 is 14.7 Å². The largest absolute Gasteiger partial charge is 0.481 e. The van der Waals surface area contributed by atoms with E-state index >= 15 is 0 Å². The lowest BCUT2D eigenvalue weighted by molar-refractivity contribution is -0.142. The maximum Gasteiger partial charge on any atom is 0.308 e. The molecule has 1 aliphatic heterocycles. The van der Waals surface area contributed by atoms with Crippen LogP contribution < -0.4 is 0 Å². The molecular formula is C14H19N3O3. The highest BCUT2D eigenvalue weighted by Gasteiger charge is 2.47. The van der Waals surface area contributed by atoms with Gasteiger partial charge in [0.05, 0.1) is 17.7 Å². The highest BCUT2D eigenvalue weighted by Crippen LogP contribution is 2.44. The van der Waals surface area contributed by atoms with E-state index < -0.39 is 11.9 Å². The van der Waals surface area contributed by atoms with Gasteiger partial charge in [0, 0.05) is 25.8 Å². The SMILES string of the molecule is CCn1cc(C(=O)N2C[C@@H](C(=O)O)[C@H](C3CC3)C2)cn1. The third kappa shape index (κ3) is 2.30.